The third-order valence-corrected chi connectivity index (χ3v) is 2.75. The molecule has 1 aromatic heterocycles. The molecule has 0 saturated heterocycles. The molecule has 0 radical (unpaired) electrons. The Morgan fingerprint density at radius 2 is 2.06 bits per heavy atom. The second kappa shape index (κ2) is 4.31. The van der Waals surface area contributed by atoms with Gasteiger partial charge in [-0.05, 0) is 6.07 Å². The number of aromatic nitrogens is 1. The minimum atomic E-state index is -0.890. The Labute approximate surface area is 101 Å². The SMILES string of the molecule is O=C(O)CCc1nc2cc(Cl)c(Cl)cc2o1. The van der Waals surface area contributed by atoms with Crippen molar-refractivity contribution in [2.45, 2.75) is 12.8 Å². The van der Waals surface area contributed by atoms with Crippen molar-refractivity contribution < 1.29 is 14.3 Å². The quantitative estimate of drug-likeness (QED) is 0.920. The summed E-state index contributed by atoms with van der Waals surface area (Å²) in [5.41, 5.74) is 1.09. The molecular weight excluding hydrogens is 253 g/mol. The molecule has 0 aliphatic carbocycles. The number of aliphatic carboxylic acids is 1. The molecule has 0 atom stereocenters. The second-order valence-corrected chi connectivity index (χ2v) is 4.05. The Kier molecular flexibility index (Phi) is 3.03. The molecule has 0 bridgehead atoms. The van der Waals surface area contributed by atoms with E-state index in [-0.39, 0.29) is 12.8 Å². The van der Waals surface area contributed by atoms with Gasteiger partial charge in [-0.25, -0.2) is 4.98 Å². The summed E-state index contributed by atoms with van der Waals surface area (Å²) in [5, 5.41) is 9.31. The van der Waals surface area contributed by atoms with E-state index in [1.807, 2.05) is 0 Å². The van der Waals surface area contributed by atoms with Gasteiger partial charge in [-0.3, -0.25) is 4.79 Å². The molecule has 1 heterocycles. The van der Waals surface area contributed by atoms with Crippen molar-refractivity contribution in [1.29, 1.82) is 0 Å². The highest BCUT2D eigenvalue weighted by Crippen LogP contribution is 2.28. The highest BCUT2D eigenvalue weighted by atomic mass is 35.5. The minimum absolute atomic E-state index is 0.0196. The van der Waals surface area contributed by atoms with Crippen LogP contribution < -0.4 is 0 Å². The highest BCUT2D eigenvalue weighted by Gasteiger charge is 2.10. The van der Waals surface area contributed by atoms with Gasteiger partial charge in [-0.15, -0.1) is 0 Å². The monoisotopic (exact) mass is 259 g/mol. The molecule has 16 heavy (non-hydrogen) atoms. The van der Waals surface area contributed by atoms with Gasteiger partial charge in [-0.2, -0.15) is 0 Å². The second-order valence-electron chi connectivity index (χ2n) is 3.24. The molecule has 2 rings (SSSR count). The third kappa shape index (κ3) is 2.28. The van der Waals surface area contributed by atoms with Gasteiger partial charge in [-0.1, -0.05) is 23.2 Å². The molecule has 84 valence electrons. The summed E-state index contributed by atoms with van der Waals surface area (Å²) in [6.07, 6.45) is 0.230. The van der Waals surface area contributed by atoms with Crippen molar-refractivity contribution in [2.75, 3.05) is 0 Å². The van der Waals surface area contributed by atoms with Gasteiger partial charge in [0.2, 0.25) is 0 Å². The maximum absolute atomic E-state index is 10.4. The minimum Gasteiger partial charge on any atom is -0.481 e. The number of hydrogen-bond acceptors (Lipinski definition) is 3. The number of carboxylic acid groups (broad SMARTS) is 1. The van der Waals surface area contributed by atoms with Crippen LogP contribution in [-0.4, -0.2) is 16.1 Å². The lowest BCUT2D eigenvalue weighted by Gasteiger charge is -1.92. The number of aryl methyl sites for hydroxylation is 1. The average molecular weight is 260 g/mol. The summed E-state index contributed by atoms with van der Waals surface area (Å²) in [4.78, 5) is 14.5. The Balaban J connectivity index is 2.33. The van der Waals surface area contributed by atoms with E-state index in [0.717, 1.165) is 0 Å². The maximum atomic E-state index is 10.4. The molecule has 0 fully saturated rings. The third-order valence-electron chi connectivity index (χ3n) is 2.03. The van der Waals surface area contributed by atoms with Gasteiger partial charge in [0.1, 0.15) is 5.52 Å². The van der Waals surface area contributed by atoms with Gasteiger partial charge in [0.25, 0.3) is 0 Å². The van der Waals surface area contributed by atoms with E-state index in [2.05, 4.69) is 4.98 Å². The average Bonchev–Trinajstić information content (AvgIpc) is 2.58. The molecule has 0 aliphatic rings. The number of carboxylic acids is 1. The molecule has 4 nitrogen and oxygen atoms in total. The van der Waals surface area contributed by atoms with Gasteiger partial charge < -0.3 is 9.52 Å². The first kappa shape index (κ1) is 11.2. The van der Waals surface area contributed by atoms with Crippen LogP contribution in [0.5, 0.6) is 0 Å². The standard InChI is InChI=1S/C10H7Cl2NO3/c11-5-3-7-8(4-6(5)12)16-9(13-7)1-2-10(14)15/h3-4H,1-2H2,(H,14,15). The number of fused-ring (bicyclic) bond motifs is 1. The zero-order valence-corrected chi connectivity index (χ0v) is 9.55. The van der Waals surface area contributed by atoms with Gasteiger partial charge in [0.05, 0.1) is 16.5 Å². The first-order valence-corrected chi connectivity index (χ1v) is 5.28. The molecule has 0 saturated carbocycles. The normalized spacial score (nSPS) is 10.9. The fourth-order valence-electron chi connectivity index (χ4n) is 1.29. The van der Waals surface area contributed by atoms with E-state index in [1.165, 1.54) is 0 Å². The predicted molar refractivity (Wildman–Crippen MR) is 60.0 cm³/mol. The van der Waals surface area contributed by atoms with Crippen LogP contribution in [0.2, 0.25) is 10.0 Å². The molecule has 0 spiro atoms. The summed E-state index contributed by atoms with van der Waals surface area (Å²) in [5.74, 6) is -0.519. The zero-order valence-electron chi connectivity index (χ0n) is 8.04. The van der Waals surface area contributed by atoms with Crippen LogP contribution in [0.25, 0.3) is 11.1 Å². The van der Waals surface area contributed by atoms with Crippen LogP contribution >= 0.6 is 23.2 Å². The van der Waals surface area contributed by atoms with E-state index in [9.17, 15) is 4.79 Å². The highest BCUT2D eigenvalue weighted by molar-refractivity contribution is 6.42. The Hall–Kier alpha value is -1.26. The molecular formula is C10H7Cl2NO3. The zero-order chi connectivity index (χ0) is 11.7. The number of benzene rings is 1. The number of rotatable bonds is 3. The van der Waals surface area contributed by atoms with E-state index >= 15 is 0 Å². The molecule has 6 heteroatoms. The van der Waals surface area contributed by atoms with Crippen molar-refractivity contribution >= 4 is 40.3 Å². The van der Waals surface area contributed by atoms with E-state index in [4.69, 9.17) is 32.7 Å². The molecule has 0 unspecified atom stereocenters. The summed E-state index contributed by atoms with van der Waals surface area (Å²) in [6.45, 7) is 0. The Bertz CT molecular complexity index is 511. The van der Waals surface area contributed by atoms with E-state index < -0.39 is 5.97 Å². The van der Waals surface area contributed by atoms with E-state index in [0.29, 0.717) is 27.0 Å². The van der Waals surface area contributed by atoms with Crippen LogP contribution in [-0.2, 0) is 11.2 Å². The summed E-state index contributed by atoms with van der Waals surface area (Å²) < 4.78 is 5.34. The number of hydrogen-bond donors (Lipinski definition) is 1. The number of halogens is 2. The first-order valence-electron chi connectivity index (χ1n) is 4.52. The topological polar surface area (TPSA) is 63.3 Å². The lowest BCUT2D eigenvalue weighted by molar-refractivity contribution is -0.137. The number of carbonyl (C=O) groups is 1. The molecule has 1 aromatic carbocycles. The molecule has 0 amide bonds. The Morgan fingerprint density at radius 3 is 2.75 bits per heavy atom. The number of nitrogens with zero attached hydrogens (tertiary/aromatic N) is 1. The van der Waals surface area contributed by atoms with Crippen LogP contribution in [0, 0.1) is 0 Å². The van der Waals surface area contributed by atoms with Crippen molar-refractivity contribution in [3.05, 3.63) is 28.1 Å². The summed E-state index contributed by atoms with van der Waals surface area (Å²) in [7, 11) is 0. The smallest absolute Gasteiger partial charge is 0.303 e. The van der Waals surface area contributed by atoms with Gasteiger partial charge in [0, 0.05) is 12.5 Å². The maximum Gasteiger partial charge on any atom is 0.303 e. The van der Waals surface area contributed by atoms with Crippen molar-refractivity contribution in [2.24, 2.45) is 0 Å². The lowest BCUT2D eigenvalue weighted by atomic mass is 10.3. The Morgan fingerprint density at radius 1 is 1.38 bits per heavy atom. The van der Waals surface area contributed by atoms with Crippen LogP contribution in [0.15, 0.2) is 16.5 Å². The largest absolute Gasteiger partial charge is 0.481 e. The van der Waals surface area contributed by atoms with Crippen molar-refractivity contribution in [1.82, 2.24) is 4.98 Å². The van der Waals surface area contributed by atoms with Crippen molar-refractivity contribution in [3.8, 4) is 0 Å². The summed E-state index contributed by atoms with van der Waals surface area (Å²) in [6, 6.07) is 3.16. The van der Waals surface area contributed by atoms with Gasteiger partial charge in [0.15, 0.2) is 11.5 Å². The lowest BCUT2D eigenvalue weighted by Crippen LogP contribution is -1.97. The molecule has 0 aliphatic heterocycles. The predicted octanol–water partition coefficient (Wildman–Crippen LogP) is 3.15. The van der Waals surface area contributed by atoms with Crippen LogP contribution in [0.3, 0.4) is 0 Å². The fourth-order valence-corrected chi connectivity index (χ4v) is 1.60. The molecule has 2 aromatic rings. The molecule has 1 N–H and O–H groups in total. The van der Waals surface area contributed by atoms with E-state index in [1.54, 1.807) is 12.1 Å². The first-order chi connectivity index (χ1) is 7.56. The number of oxazole rings is 1. The fraction of sp³-hybridized carbons (Fsp3) is 0.200. The summed E-state index contributed by atoms with van der Waals surface area (Å²) >= 11 is 11.6. The van der Waals surface area contributed by atoms with Crippen molar-refractivity contribution in [3.63, 3.8) is 0 Å². The van der Waals surface area contributed by atoms with Gasteiger partial charge >= 0.3 is 5.97 Å². The van der Waals surface area contributed by atoms with Crippen LogP contribution in [0.4, 0.5) is 0 Å². The van der Waals surface area contributed by atoms with Crippen LogP contribution in [0.1, 0.15) is 12.3 Å².